The van der Waals surface area contributed by atoms with Gasteiger partial charge in [-0.15, -0.1) is 0 Å². The second-order valence-electron chi connectivity index (χ2n) is 12.5. The number of hydrogen-bond acceptors (Lipinski definition) is 6. The molecule has 4 rings (SSSR count). The summed E-state index contributed by atoms with van der Waals surface area (Å²) in [7, 11) is 0. The lowest BCUT2D eigenvalue weighted by atomic mass is 9.42. The third-order valence-corrected chi connectivity index (χ3v) is 11.0. The monoisotopic (exact) mass is 476 g/mol. The number of fused-ring (bicyclic) bond motifs is 4. The van der Waals surface area contributed by atoms with Gasteiger partial charge < -0.3 is 20.4 Å². The summed E-state index contributed by atoms with van der Waals surface area (Å²) in [4.78, 5) is 38.0. The maximum atomic E-state index is 14.0. The molecule has 0 aromatic carbocycles. The molecule has 0 amide bonds. The number of ketones is 2. The number of aliphatic hydroxyl groups is 3. The fraction of sp³-hybridized carbons (Fsp3) is 0.815. The number of allylic oxidation sites excluding steroid dienone is 1. The highest BCUT2D eigenvalue weighted by Gasteiger charge is 2.70. The number of carboxylic acids is 1. The Labute approximate surface area is 201 Å². The summed E-state index contributed by atoms with van der Waals surface area (Å²) >= 11 is 0. The van der Waals surface area contributed by atoms with E-state index in [1.807, 2.05) is 27.7 Å². The summed E-state index contributed by atoms with van der Waals surface area (Å²) in [6.07, 6.45) is 0.468. The zero-order valence-electron chi connectivity index (χ0n) is 21.1. The molecule has 4 aliphatic carbocycles. The van der Waals surface area contributed by atoms with Crippen LogP contribution in [0.1, 0.15) is 79.6 Å². The fourth-order valence-electron chi connectivity index (χ4n) is 8.78. The average molecular weight is 477 g/mol. The number of aliphatic hydroxyl groups excluding tert-OH is 3. The van der Waals surface area contributed by atoms with Crippen LogP contribution in [0.3, 0.4) is 0 Å². The number of carboxylic acid groups (broad SMARTS) is 1. The lowest BCUT2D eigenvalue weighted by molar-refractivity contribution is -0.152. The predicted octanol–water partition coefficient (Wildman–Crippen LogP) is 2.90. The summed E-state index contributed by atoms with van der Waals surface area (Å²) in [5.41, 5.74) is -1.93. The van der Waals surface area contributed by atoms with Crippen LogP contribution < -0.4 is 0 Å². The van der Waals surface area contributed by atoms with E-state index in [2.05, 4.69) is 0 Å². The third kappa shape index (κ3) is 3.09. The zero-order chi connectivity index (χ0) is 25.4. The Morgan fingerprint density at radius 2 is 1.76 bits per heavy atom. The summed E-state index contributed by atoms with van der Waals surface area (Å²) in [5, 5.41) is 42.4. The molecule has 34 heavy (non-hydrogen) atoms. The van der Waals surface area contributed by atoms with Crippen LogP contribution in [0.15, 0.2) is 11.1 Å². The van der Waals surface area contributed by atoms with Gasteiger partial charge >= 0.3 is 5.97 Å². The van der Waals surface area contributed by atoms with Crippen molar-refractivity contribution in [2.45, 2.75) is 91.8 Å². The van der Waals surface area contributed by atoms with E-state index in [0.29, 0.717) is 30.4 Å². The highest BCUT2D eigenvalue weighted by molar-refractivity contribution is 6.01. The van der Waals surface area contributed by atoms with Crippen LogP contribution in [0.4, 0.5) is 0 Å². The van der Waals surface area contributed by atoms with Crippen LogP contribution in [0, 0.1) is 39.4 Å². The van der Waals surface area contributed by atoms with E-state index < -0.39 is 39.8 Å². The minimum atomic E-state index is -1.02. The Hall–Kier alpha value is -1.57. The minimum Gasteiger partial charge on any atom is -0.481 e. The molecule has 0 aromatic heterocycles. The second kappa shape index (κ2) is 7.97. The number of hydrogen-bond donors (Lipinski definition) is 4. The molecule has 0 heterocycles. The SMILES string of the molecule is CC(CCC(=O)O)C1CC(O)C2(C)C3=C(C(=O)CC12C)C1(C)CCC(=O)C(C)(CO)C1CC3O. The molecule has 7 nitrogen and oxygen atoms in total. The van der Waals surface area contributed by atoms with E-state index in [1.165, 1.54) is 0 Å². The van der Waals surface area contributed by atoms with Crippen LogP contribution in [0.5, 0.6) is 0 Å². The van der Waals surface area contributed by atoms with Gasteiger partial charge in [0.25, 0.3) is 0 Å². The van der Waals surface area contributed by atoms with Gasteiger partial charge in [0.1, 0.15) is 5.78 Å². The molecule has 0 saturated heterocycles. The summed E-state index contributed by atoms with van der Waals surface area (Å²) in [6.45, 7) is 9.42. The zero-order valence-corrected chi connectivity index (χ0v) is 21.1. The molecule has 9 atom stereocenters. The summed E-state index contributed by atoms with van der Waals surface area (Å²) in [6, 6.07) is 0. The third-order valence-electron chi connectivity index (χ3n) is 11.0. The molecule has 4 N–H and O–H groups in total. The van der Waals surface area contributed by atoms with E-state index in [4.69, 9.17) is 5.11 Å². The number of aliphatic carboxylic acids is 1. The Morgan fingerprint density at radius 3 is 2.35 bits per heavy atom. The lowest BCUT2D eigenvalue weighted by Gasteiger charge is -2.61. The number of carbonyl (C=O) groups is 3. The summed E-state index contributed by atoms with van der Waals surface area (Å²) in [5.74, 6) is -1.34. The van der Waals surface area contributed by atoms with Crippen molar-refractivity contribution in [2.24, 2.45) is 39.4 Å². The molecule has 7 heteroatoms. The second-order valence-corrected chi connectivity index (χ2v) is 12.5. The van der Waals surface area contributed by atoms with Gasteiger partial charge in [-0.2, -0.15) is 0 Å². The highest BCUT2D eigenvalue weighted by Crippen LogP contribution is 2.71. The quantitative estimate of drug-likeness (QED) is 0.480. The largest absolute Gasteiger partial charge is 0.481 e. The van der Waals surface area contributed by atoms with E-state index in [0.717, 1.165) is 0 Å². The molecular formula is C27H40O7. The molecule has 190 valence electrons. The molecule has 0 bridgehead atoms. The Balaban J connectivity index is 1.85. The molecule has 9 unspecified atom stereocenters. The van der Waals surface area contributed by atoms with Gasteiger partial charge in [0.2, 0.25) is 0 Å². The predicted molar refractivity (Wildman–Crippen MR) is 125 cm³/mol. The van der Waals surface area contributed by atoms with Crippen molar-refractivity contribution < 1.29 is 34.8 Å². The summed E-state index contributed by atoms with van der Waals surface area (Å²) < 4.78 is 0. The van der Waals surface area contributed by atoms with Gasteiger partial charge in [-0.1, -0.05) is 34.6 Å². The van der Waals surface area contributed by atoms with Crippen molar-refractivity contribution in [3.8, 4) is 0 Å². The Bertz CT molecular complexity index is 955. The first-order chi connectivity index (χ1) is 15.7. The first-order valence-corrected chi connectivity index (χ1v) is 12.7. The maximum Gasteiger partial charge on any atom is 0.303 e. The standard InChI is InChI=1S/C27H40O7/c1-14(6-7-21(33)34)15-10-20(32)27(5)23-16(29)11-18-24(2,9-8-19(31)25(18,3)13-28)22(23)17(30)12-26(15,27)4/h14-16,18,20,28-29,32H,6-13H2,1-5H3,(H,33,34). The molecule has 2 saturated carbocycles. The molecular weight excluding hydrogens is 436 g/mol. The fourth-order valence-corrected chi connectivity index (χ4v) is 8.78. The first-order valence-electron chi connectivity index (χ1n) is 12.7. The molecule has 0 spiro atoms. The van der Waals surface area contributed by atoms with E-state index in [-0.39, 0.29) is 61.6 Å². The Kier molecular flexibility index (Phi) is 5.98. The first kappa shape index (κ1) is 25.5. The molecule has 0 radical (unpaired) electrons. The number of carbonyl (C=O) groups excluding carboxylic acids is 2. The van der Waals surface area contributed by atoms with Gasteiger partial charge in [0.05, 0.1) is 24.2 Å². The van der Waals surface area contributed by atoms with Crippen LogP contribution in [-0.4, -0.2) is 56.8 Å². The van der Waals surface area contributed by atoms with Crippen molar-refractivity contribution in [1.82, 2.24) is 0 Å². The van der Waals surface area contributed by atoms with Crippen molar-refractivity contribution in [2.75, 3.05) is 6.61 Å². The van der Waals surface area contributed by atoms with Crippen LogP contribution >= 0.6 is 0 Å². The van der Waals surface area contributed by atoms with Crippen molar-refractivity contribution in [3.63, 3.8) is 0 Å². The van der Waals surface area contributed by atoms with Crippen LogP contribution in [0.25, 0.3) is 0 Å². The van der Waals surface area contributed by atoms with Crippen molar-refractivity contribution in [3.05, 3.63) is 11.1 Å². The van der Waals surface area contributed by atoms with Crippen molar-refractivity contribution in [1.29, 1.82) is 0 Å². The Morgan fingerprint density at radius 1 is 1.12 bits per heavy atom. The highest BCUT2D eigenvalue weighted by atomic mass is 16.4. The van der Waals surface area contributed by atoms with E-state index >= 15 is 0 Å². The maximum absolute atomic E-state index is 14.0. The molecule has 2 fully saturated rings. The van der Waals surface area contributed by atoms with Gasteiger partial charge in [-0.25, -0.2) is 0 Å². The molecule has 4 aliphatic rings. The number of rotatable bonds is 5. The van der Waals surface area contributed by atoms with Gasteiger partial charge in [0, 0.05) is 35.7 Å². The van der Waals surface area contributed by atoms with Gasteiger partial charge in [-0.3, -0.25) is 14.4 Å². The topological polar surface area (TPSA) is 132 Å². The van der Waals surface area contributed by atoms with E-state index in [1.54, 1.807) is 6.92 Å². The average Bonchev–Trinajstić information content (AvgIpc) is 2.97. The smallest absolute Gasteiger partial charge is 0.303 e. The molecule has 0 aliphatic heterocycles. The van der Waals surface area contributed by atoms with E-state index in [9.17, 15) is 29.7 Å². The lowest BCUT2D eigenvalue weighted by Crippen LogP contribution is -2.61. The van der Waals surface area contributed by atoms with Crippen molar-refractivity contribution >= 4 is 17.5 Å². The van der Waals surface area contributed by atoms with Gasteiger partial charge in [0.15, 0.2) is 5.78 Å². The van der Waals surface area contributed by atoms with Crippen LogP contribution in [-0.2, 0) is 14.4 Å². The molecule has 0 aromatic rings. The number of Topliss-reactive ketones (excluding diaryl/α,β-unsaturated/α-hetero) is 2. The van der Waals surface area contributed by atoms with Crippen LogP contribution in [0.2, 0.25) is 0 Å². The minimum absolute atomic E-state index is 0.00146. The normalized spacial score (nSPS) is 47.2. The van der Waals surface area contributed by atoms with Gasteiger partial charge in [-0.05, 0) is 54.4 Å².